The third-order valence-electron chi connectivity index (χ3n) is 3.02. The van der Waals surface area contributed by atoms with E-state index in [1.54, 1.807) is 0 Å². The van der Waals surface area contributed by atoms with Crippen LogP contribution in [0.5, 0.6) is 0 Å². The van der Waals surface area contributed by atoms with Crippen molar-refractivity contribution in [3.63, 3.8) is 0 Å². The summed E-state index contributed by atoms with van der Waals surface area (Å²) in [6, 6.07) is 0. The van der Waals surface area contributed by atoms with Gasteiger partial charge in [-0.05, 0) is 26.2 Å². The Kier molecular flexibility index (Phi) is 4.05. The average molecular weight is 312 g/mol. The minimum absolute atomic E-state index is 0.208. The molecule has 4 nitrogen and oxygen atoms in total. The predicted octanol–water partition coefficient (Wildman–Crippen LogP) is 1.75. The van der Waals surface area contributed by atoms with Gasteiger partial charge in [-0.3, -0.25) is 4.79 Å². The Morgan fingerprint density at radius 1 is 1.44 bits per heavy atom. The Balaban J connectivity index is 2.74. The molecule has 1 saturated heterocycles. The minimum Gasteiger partial charge on any atom is -0.272 e. The summed E-state index contributed by atoms with van der Waals surface area (Å²) in [5.74, 6) is -0.0746. The molecule has 1 fully saturated rings. The van der Waals surface area contributed by atoms with E-state index in [-0.39, 0.29) is 11.8 Å². The molecule has 0 aromatic heterocycles. The summed E-state index contributed by atoms with van der Waals surface area (Å²) >= 11 is 3.35. The third kappa shape index (κ3) is 2.01. The van der Waals surface area contributed by atoms with E-state index < -0.39 is 14.8 Å². The quantitative estimate of drug-likeness (QED) is 0.727. The molecular weight excluding hydrogens is 294 g/mol. The number of hydrogen-bond donors (Lipinski definition) is 0. The second kappa shape index (κ2) is 4.64. The lowest BCUT2D eigenvalue weighted by atomic mass is 10.1. The highest BCUT2D eigenvalue weighted by atomic mass is 79.9. The van der Waals surface area contributed by atoms with E-state index in [4.69, 9.17) is 0 Å². The molecule has 1 aliphatic heterocycles. The molecule has 1 heterocycles. The Hall–Kier alpha value is -0.100. The van der Waals surface area contributed by atoms with Gasteiger partial charge in [0, 0.05) is 11.9 Å². The molecule has 1 aliphatic rings. The lowest BCUT2D eigenvalue weighted by Gasteiger charge is -2.44. The van der Waals surface area contributed by atoms with Gasteiger partial charge in [-0.15, -0.1) is 0 Å². The van der Waals surface area contributed by atoms with Gasteiger partial charge >= 0.3 is 0 Å². The highest BCUT2D eigenvalue weighted by Gasteiger charge is 2.60. The molecule has 6 heteroatoms. The fraction of sp³-hybridized carbons (Fsp3) is 0.900. The summed E-state index contributed by atoms with van der Waals surface area (Å²) in [5, 5.41) is 0.723. The maximum absolute atomic E-state index is 11.8. The number of carbonyl (C=O) groups is 1. The molecule has 1 rings (SSSR count). The van der Waals surface area contributed by atoms with Crippen LogP contribution in [0.2, 0.25) is 0 Å². The highest BCUT2D eigenvalue weighted by molar-refractivity contribution is 9.09. The van der Waals surface area contributed by atoms with Crippen LogP contribution in [0, 0.1) is 5.92 Å². The van der Waals surface area contributed by atoms with Crippen molar-refractivity contribution in [1.82, 2.24) is 4.31 Å². The number of amides is 1. The van der Waals surface area contributed by atoms with Gasteiger partial charge in [0.25, 0.3) is 15.9 Å². The van der Waals surface area contributed by atoms with E-state index in [0.29, 0.717) is 6.54 Å². The maximum atomic E-state index is 11.8. The summed E-state index contributed by atoms with van der Waals surface area (Å²) in [5.41, 5.74) is 0. The molecule has 1 atom stereocenters. The molecule has 1 amide bonds. The molecule has 0 N–H and O–H groups in total. The van der Waals surface area contributed by atoms with Gasteiger partial charge < -0.3 is 0 Å². The number of carbonyl (C=O) groups excluding carboxylic acids is 1. The van der Waals surface area contributed by atoms with Crippen LogP contribution < -0.4 is 0 Å². The van der Waals surface area contributed by atoms with E-state index in [2.05, 4.69) is 15.9 Å². The topological polar surface area (TPSA) is 54.5 Å². The van der Waals surface area contributed by atoms with Crippen LogP contribution in [0.15, 0.2) is 0 Å². The maximum Gasteiger partial charge on any atom is 0.258 e. The molecule has 0 aliphatic carbocycles. The Morgan fingerprint density at radius 3 is 2.38 bits per heavy atom. The van der Waals surface area contributed by atoms with E-state index in [1.807, 2.05) is 6.92 Å². The second-order valence-electron chi connectivity index (χ2n) is 4.66. The first-order valence-corrected chi connectivity index (χ1v) is 7.97. The van der Waals surface area contributed by atoms with Crippen LogP contribution >= 0.6 is 15.9 Å². The van der Waals surface area contributed by atoms with Crippen LogP contribution in [-0.4, -0.2) is 35.3 Å². The zero-order valence-electron chi connectivity index (χ0n) is 9.86. The summed E-state index contributed by atoms with van der Waals surface area (Å²) in [6.45, 7) is 5.28. The van der Waals surface area contributed by atoms with E-state index in [9.17, 15) is 13.2 Å². The van der Waals surface area contributed by atoms with Gasteiger partial charge in [-0.1, -0.05) is 29.3 Å². The van der Waals surface area contributed by atoms with Crippen molar-refractivity contribution in [2.45, 2.75) is 38.4 Å². The smallest absolute Gasteiger partial charge is 0.258 e. The minimum atomic E-state index is -3.41. The van der Waals surface area contributed by atoms with Crippen molar-refractivity contribution >= 4 is 31.9 Å². The second-order valence-corrected chi connectivity index (χ2v) is 7.72. The third-order valence-corrected chi connectivity index (χ3v) is 6.29. The molecule has 0 radical (unpaired) electrons. The van der Waals surface area contributed by atoms with Crippen molar-refractivity contribution in [2.24, 2.45) is 5.92 Å². The van der Waals surface area contributed by atoms with E-state index in [0.717, 1.165) is 22.5 Å². The zero-order chi connectivity index (χ0) is 12.6. The SMILES string of the molecule is CCCC(CBr)CN1C(=O)C(C)(C)S1(=O)=O. The summed E-state index contributed by atoms with van der Waals surface area (Å²) < 4.78 is 23.4. The normalized spacial score (nSPS) is 24.0. The standard InChI is InChI=1S/C10H18BrNO3S/c1-4-5-8(6-11)7-12-9(13)10(2,3)16(12,14)15/h8H,4-7H2,1-3H3. The fourth-order valence-corrected chi connectivity index (χ4v) is 3.93. The van der Waals surface area contributed by atoms with E-state index in [1.165, 1.54) is 13.8 Å². The summed E-state index contributed by atoms with van der Waals surface area (Å²) in [4.78, 5) is 11.7. The van der Waals surface area contributed by atoms with Crippen molar-refractivity contribution in [2.75, 3.05) is 11.9 Å². The lowest BCUT2D eigenvalue weighted by Crippen LogP contribution is -2.68. The molecular formula is C10H18BrNO3S. The Bertz CT molecular complexity index is 378. The molecule has 1 unspecified atom stereocenters. The molecule has 0 bridgehead atoms. The number of rotatable bonds is 5. The van der Waals surface area contributed by atoms with Crippen molar-refractivity contribution < 1.29 is 13.2 Å². The van der Waals surface area contributed by atoms with Gasteiger partial charge in [-0.25, -0.2) is 12.7 Å². The van der Waals surface area contributed by atoms with Crippen LogP contribution in [0.1, 0.15) is 33.6 Å². The lowest BCUT2D eigenvalue weighted by molar-refractivity contribution is -0.132. The van der Waals surface area contributed by atoms with Gasteiger partial charge in [0.2, 0.25) is 0 Å². The number of nitrogens with zero attached hydrogens (tertiary/aromatic N) is 1. The van der Waals surface area contributed by atoms with Crippen LogP contribution in [0.3, 0.4) is 0 Å². The fourth-order valence-electron chi connectivity index (χ4n) is 1.80. The van der Waals surface area contributed by atoms with Gasteiger partial charge in [0.15, 0.2) is 4.75 Å². The highest BCUT2D eigenvalue weighted by Crippen LogP contribution is 2.35. The Morgan fingerprint density at radius 2 is 2.00 bits per heavy atom. The zero-order valence-corrected chi connectivity index (χ0v) is 12.3. The Labute approximate surface area is 106 Å². The first-order valence-electron chi connectivity index (χ1n) is 5.41. The monoisotopic (exact) mass is 311 g/mol. The van der Waals surface area contributed by atoms with Crippen molar-refractivity contribution in [3.8, 4) is 0 Å². The number of sulfonamides is 1. The van der Waals surface area contributed by atoms with Crippen LogP contribution in [-0.2, 0) is 14.8 Å². The number of halogens is 1. The van der Waals surface area contributed by atoms with Crippen molar-refractivity contribution in [3.05, 3.63) is 0 Å². The van der Waals surface area contributed by atoms with Crippen molar-refractivity contribution in [1.29, 1.82) is 0 Å². The molecule has 0 saturated carbocycles. The first-order chi connectivity index (χ1) is 7.29. The number of hydrogen-bond acceptors (Lipinski definition) is 3. The van der Waals surface area contributed by atoms with Crippen LogP contribution in [0.25, 0.3) is 0 Å². The summed E-state index contributed by atoms with van der Waals surface area (Å²) in [6.07, 6.45) is 1.91. The molecule has 94 valence electrons. The predicted molar refractivity (Wildman–Crippen MR) is 66.9 cm³/mol. The average Bonchev–Trinajstić information content (AvgIpc) is 2.22. The molecule has 0 spiro atoms. The largest absolute Gasteiger partial charge is 0.272 e. The molecule has 0 aromatic carbocycles. The summed E-state index contributed by atoms with van der Waals surface area (Å²) in [7, 11) is -3.41. The van der Waals surface area contributed by atoms with Gasteiger partial charge in [-0.2, -0.15) is 0 Å². The first kappa shape index (κ1) is 14.0. The molecule has 0 aromatic rings. The van der Waals surface area contributed by atoms with Crippen LogP contribution in [0.4, 0.5) is 0 Å². The molecule has 16 heavy (non-hydrogen) atoms. The number of alkyl halides is 1. The van der Waals surface area contributed by atoms with Gasteiger partial charge in [0.05, 0.1) is 0 Å². The van der Waals surface area contributed by atoms with E-state index >= 15 is 0 Å². The van der Waals surface area contributed by atoms with Gasteiger partial charge in [0.1, 0.15) is 0 Å².